The summed E-state index contributed by atoms with van der Waals surface area (Å²) in [6, 6.07) is -0.798. The van der Waals surface area contributed by atoms with Gasteiger partial charge in [0.05, 0.1) is 24.3 Å². The zero-order chi connectivity index (χ0) is 28.2. The summed E-state index contributed by atoms with van der Waals surface area (Å²) < 4.78 is 10.9. The van der Waals surface area contributed by atoms with Crippen LogP contribution >= 0.6 is 0 Å². The highest BCUT2D eigenvalue weighted by molar-refractivity contribution is 6.21. The number of nitrogens with one attached hydrogen (secondary N) is 1. The number of esters is 1. The lowest BCUT2D eigenvalue weighted by Gasteiger charge is -2.28. The number of aliphatic hydroxyl groups excluding tert-OH is 1. The average molecular weight is 527 g/mol. The fourth-order valence-corrected chi connectivity index (χ4v) is 3.98. The van der Waals surface area contributed by atoms with Gasteiger partial charge >= 0.3 is 5.97 Å². The summed E-state index contributed by atoms with van der Waals surface area (Å²) in [4.78, 5) is 49.8. The van der Waals surface area contributed by atoms with Crippen LogP contribution in [0.25, 0.3) is 0 Å². The zero-order valence-corrected chi connectivity index (χ0v) is 22.4. The van der Waals surface area contributed by atoms with E-state index in [9.17, 15) is 24.3 Å². The largest absolute Gasteiger partial charge is 0.460 e. The number of ether oxygens (including phenoxy) is 2. The Kier molecular flexibility index (Phi) is 12.3. The molecule has 0 saturated heterocycles. The predicted octanol–water partition coefficient (Wildman–Crippen LogP) is 2.52. The summed E-state index contributed by atoms with van der Waals surface area (Å²) >= 11 is 0. The number of amides is 1. The molecule has 5 atom stereocenters. The second-order valence-corrected chi connectivity index (χ2v) is 9.47. The van der Waals surface area contributed by atoms with E-state index in [0.29, 0.717) is 18.4 Å². The maximum Gasteiger partial charge on any atom is 0.322 e. The van der Waals surface area contributed by atoms with E-state index in [2.05, 4.69) is 5.32 Å². The first kappa shape index (κ1) is 30.8. The molecule has 0 aromatic rings. The van der Waals surface area contributed by atoms with Crippen LogP contribution in [0.1, 0.15) is 46.5 Å². The fraction of sp³-hybridized carbons (Fsp3) is 0.448. The molecular weight excluding hydrogens is 488 g/mol. The molecule has 0 spiro atoms. The number of nitrogens with two attached hydrogens (primary N) is 1. The Balaban J connectivity index is 2.33. The molecule has 1 amide bonds. The number of Topliss-reactive ketones (excluding diaryl/α,β-unsaturated/α-hetero) is 1. The van der Waals surface area contributed by atoms with Gasteiger partial charge in [-0.25, -0.2) is 0 Å². The number of methoxy groups -OCH3 is 1. The number of carbonyl (C=O) groups is 4. The summed E-state index contributed by atoms with van der Waals surface area (Å²) in [6.07, 6.45) is 13.6. The van der Waals surface area contributed by atoms with E-state index in [-0.39, 0.29) is 29.9 Å². The van der Waals surface area contributed by atoms with Crippen LogP contribution in [-0.2, 0) is 28.7 Å². The minimum Gasteiger partial charge on any atom is -0.460 e. The van der Waals surface area contributed by atoms with E-state index >= 15 is 0 Å². The fourth-order valence-electron chi connectivity index (χ4n) is 3.98. The summed E-state index contributed by atoms with van der Waals surface area (Å²) in [6.45, 7) is 5.09. The average Bonchev–Trinajstić information content (AvgIpc) is 2.87. The summed E-state index contributed by atoms with van der Waals surface area (Å²) in [5, 5.41) is 13.5. The third-order valence-electron chi connectivity index (χ3n) is 6.34. The zero-order valence-electron chi connectivity index (χ0n) is 22.4. The molecule has 2 rings (SSSR count). The van der Waals surface area contributed by atoms with Gasteiger partial charge in [0.15, 0.2) is 5.78 Å². The van der Waals surface area contributed by atoms with Crippen LogP contribution in [0, 0.1) is 5.92 Å². The maximum absolute atomic E-state index is 12.9. The Labute approximate surface area is 223 Å². The van der Waals surface area contributed by atoms with Crippen LogP contribution in [0.3, 0.4) is 0 Å². The minimum absolute atomic E-state index is 0.0428. The molecule has 2 aliphatic rings. The van der Waals surface area contributed by atoms with Crippen molar-refractivity contribution in [3.63, 3.8) is 0 Å². The number of hydrogen-bond donors (Lipinski definition) is 3. The Hall–Kier alpha value is -3.40. The van der Waals surface area contributed by atoms with Crippen LogP contribution < -0.4 is 11.1 Å². The van der Waals surface area contributed by atoms with Crippen molar-refractivity contribution >= 4 is 23.4 Å². The Morgan fingerprint density at radius 2 is 1.87 bits per heavy atom. The molecule has 4 N–H and O–H groups in total. The van der Waals surface area contributed by atoms with Gasteiger partial charge in [0.1, 0.15) is 12.1 Å². The van der Waals surface area contributed by atoms with Crippen LogP contribution in [0.4, 0.5) is 0 Å². The first-order valence-corrected chi connectivity index (χ1v) is 12.7. The number of ketones is 2. The highest BCUT2D eigenvalue weighted by Gasteiger charge is 2.29. The third-order valence-corrected chi connectivity index (χ3v) is 6.34. The van der Waals surface area contributed by atoms with Gasteiger partial charge in [-0.15, -0.1) is 0 Å². The Morgan fingerprint density at radius 1 is 1.16 bits per heavy atom. The second-order valence-electron chi connectivity index (χ2n) is 9.47. The van der Waals surface area contributed by atoms with Crippen LogP contribution in [0.15, 0.2) is 71.5 Å². The summed E-state index contributed by atoms with van der Waals surface area (Å²) in [7, 11) is 1.47. The van der Waals surface area contributed by atoms with Gasteiger partial charge in [0, 0.05) is 31.1 Å². The number of carbonyl (C=O) groups excluding carboxylic acids is 4. The standard InChI is InChI=1S/C29H38N2O7/c1-18-11-10-12-21-15-22(32)16-24(28(21)35)31-26(33)17-23(37-4)13-8-6-5-7-9-14-25(19(2)27(18)34)38-29(36)20(3)30/h5-9,11,13,15-16,19-20,23,25,27,34H,10,12,14,17,30H2,1-4H3,(H,31,33)/b6-5+,9-7+,13-8+,18-11-. The molecule has 1 heterocycles. The van der Waals surface area contributed by atoms with E-state index in [1.807, 2.05) is 6.08 Å². The van der Waals surface area contributed by atoms with Crippen molar-refractivity contribution in [1.29, 1.82) is 0 Å². The molecule has 9 nitrogen and oxygen atoms in total. The number of rotatable bonds is 3. The van der Waals surface area contributed by atoms with Crippen molar-refractivity contribution in [3.05, 3.63) is 71.5 Å². The molecule has 0 fully saturated rings. The van der Waals surface area contributed by atoms with Gasteiger partial charge in [0.2, 0.25) is 11.7 Å². The summed E-state index contributed by atoms with van der Waals surface area (Å²) in [5.41, 5.74) is 6.52. The van der Waals surface area contributed by atoms with Crippen molar-refractivity contribution in [1.82, 2.24) is 5.32 Å². The first-order chi connectivity index (χ1) is 18.0. The van der Waals surface area contributed by atoms with E-state index in [0.717, 1.165) is 6.08 Å². The SMILES string of the molecule is COC1/C=C/C=C/C=C/CC(OC(=O)C(C)N)C(C)C(O)/C(C)=C\CCC2=CC(=O)C=C(NC(=O)C1)C2=O. The number of fused-ring (bicyclic) bond motifs is 2. The lowest BCUT2D eigenvalue weighted by molar-refractivity contribution is -0.154. The molecule has 0 radical (unpaired) electrons. The van der Waals surface area contributed by atoms with Crippen molar-refractivity contribution in [2.45, 2.75) is 70.8 Å². The van der Waals surface area contributed by atoms with E-state index < -0.39 is 47.9 Å². The van der Waals surface area contributed by atoms with E-state index in [1.54, 1.807) is 50.3 Å². The number of hydrogen-bond acceptors (Lipinski definition) is 8. The van der Waals surface area contributed by atoms with Crippen LogP contribution in [-0.4, -0.2) is 60.0 Å². The molecule has 206 valence electrons. The lowest BCUT2D eigenvalue weighted by atomic mass is 9.90. The van der Waals surface area contributed by atoms with Crippen molar-refractivity contribution in [2.75, 3.05) is 7.11 Å². The Bertz CT molecular complexity index is 1080. The Morgan fingerprint density at radius 3 is 2.55 bits per heavy atom. The van der Waals surface area contributed by atoms with Crippen molar-refractivity contribution < 1.29 is 33.8 Å². The van der Waals surface area contributed by atoms with Crippen LogP contribution in [0.5, 0.6) is 0 Å². The normalized spacial score (nSPS) is 30.8. The molecule has 5 unspecified atom stereocenters. The molecule has 38 heavy (non-hydrogen) atoms. The molecule has 9 heteroatoms. The maximum atomic E-state index is 12.9. The molecular formula is C29H38N2O7. The number of allylic oxidation sites excluding steroid dienone is 8. The van der Waals surface area contributed by atoms with Crippen LogP contribution in [0.2, 0.25) is 0 Å². The molecule has 1 aliphatic carbocycles. The van der Waals surface area contributed by atoms with Gasteiger partial charge in [-0.2, -0.15) is 0 Å². The smallest absolute Gasteiger partial charge is 0.322 e. The predicted molar refractivity (Wildman–Crippen MR) is 143 cm³/mol. The topological polar surface area (TPSA) is 145 Å². The number of aliphatic hydroxyl groups is 1. The molecule has 0 saturated carbocycles. The first-order valence-electron chi connectivity index (χ1n) is 12.7. The minimum atomic E-state index is -0.916. The quantitative estimate of drug-likeness (QED) is 0.289. The van der Waals surface area contributed by atoms with E-state index in [4.69, 9.17) is 15.2 Å². The van der Waals surface area contributed by atoms with Gasteiger partial charge in [-0.05, 0) is 38.3 Å². The van der Waals surface area contributed by atoms with E-state index in [1.165, 1.54) is 20.1 Å². The molecule has 2 bridgehead atoms. The lowest BCUT2D eigenvalue weighted by Crippen LogP contribution is -2.38. The van der Waals surface area contributed by atoms with Gasteiger partial charge in [-0.1, -0.05) is 49.5 Å². The highest BCUT2D eigenvalue weighted by Crippen LogP contribution is 2.24. The van der Waals surface area contributed by atoms with Crippen molar-refractivity contribution in [2.24, 2.45) is 11.7 Å². The van der Waals surface area contributed by atoms with Gasteiger partial charge in [0.25, 0.3) is 0 Å². The molecule has 1 aliphatic heterocycles. The second kappa shape index (κ2) is 15.1. The van der Waals surface area contributed by atoms with Crippen molar-refractivity contribution in [3.8, 4) is 0 Å². The third kappa shape index (κ3) is 9.48. The summed E-state index contributed by atoms with van der Waals surface area (Å²) in [5.74, 6) is -2.27. The molecule has 0 aromatic heterocycles. The van der Waals surface area contributed by atoms with Gasteiger partial charge < -0.3 is 25.6 Å². The highest BCUT2D eigenvalue weighted by atomic mass is 16.5. The van der Waals surface area contributed by atoms with Gasteiger partial charge in [-0.3, -0.25) is 19.2 Å². The monoisotopic (exact) mass is 526 g/mol. The molecule has 0 aromatic carbocycles.